The number of carbonyl (C=O) groups is 2. The lowest BCUT2D eigenvalue weighted by Crippen LogP contribution is -2.52. The van der Waals surface area contributed by atoms with Gasteiger partial charge in [-0.25, -0.2) is 8.42 Å². The van der Waals surface area contributed by atoms with Crippen LogP contribution in [0.1, 0.15) is 49.7 Å². The molecule has 11 heteroatoms. The summed E-state index contributed by atoms with van der Waals surface area (Å²) in [7, 11) is -3.66. The van der Waals surface area contributed by atoms with Crippen LogP contribution in [0.4, 0.5) is 5.69 Å². The predicted molar refractivity (Wildman–Crippen MR) is 178 cm³/mol. The number of ether oxygens (including phenoxy) is 2. The molecule has 2 amide bonds. The second-order valence-electron chi connectivity index (χ2n) is 11.6. The molecule has 1 N–H and O–H groups in total. The molecule has 1 atom stereocenters. The molecule has 2 aliphatic rings. The van der Waals surface area contributed by atoms with E-state index in [4.69, 9.17) is 9.47 Å². The van der Waals surface area contributed by atoms with E-state index in [9.17, 15) is 18.0 Å². The largest absolute Gasteiger partial charge is 0.486 e. The highest BCUT2D eigenvalue weighted by Crippen LogP contribution is 2.35. The van der Waals surface area contributed by atoms with Gasteiger partial charge in [-0.1, -0.05) is 71.2 Å². The number of hydrogen-bond acceptors (Lipinski definition) is 6. The minimum Gasteiger partial charge on any atom is -0.486 e. The number of nitrogens with zero attached hydrogens (tertiary/aromatic N) is 2. The fraction of sp³-hybridized carbons (Fsp3) is 0.412. The van der Waals surface area contributed by atoms with Crippen LogP contribution in [0.3, 0.4) is 0 Å². The molecule has 0 radical (unpaired) electrons. The van der Waals surface area contributed by atoms with Gasteiger partial charge in [-0.15, -0.1) is 0 Å². The van der Waals surface area contributed by atoms with Crippen LogP contribution in [0, 0.1) is 0 Å². The van der Waals surface area contributed by atoms with Crippen molar-refractivity contribution in [2.75, 3.05) is 30.3 Å². The molecular weight excluding hydrogens is 658 g/mol. The SMILES string of the molecule is CS(=O)(=O)N(CCCC(=O)N(Cc1ccc(Br)cc1)[C@@H](Cc1ccccc1)C(=O)NC1CCCC1)c1ccc2c(c1)OCCO2. The monoisotopic (exact) mass is 697 g/mol. The fourth-order valence-electron chi connectivity index (χ4n) is 5.90. The van der Waals surface area contributed by atoms with Crippen molar-refractivity contribution in [2.45, 2.75) is 63.6 Å². The number of nitrogens with one attached hydrogen (secondary N) is 1. The average molecular weight is 699 g/mol. The Morgan fingerprint density at radius 1 is 0.933 bits per heavy atom. The third-order valence-corrected chi connectivity index (χ3v) is 9.93. The number of halogens is 1. The first kappa shape index (κ1) is 32.8. The minimum atomic E-state index is -3.66. The van der Waals surface area contributed by atoms with Crippen LogP contribution in [0.5, 0.6) is 11.5 Å². The van der Waals surface area contributed by atoms with E-state index in [0.29, 0.717) is 36.8 Å². The molecule has 9 nitrogen and oxygen atoms in total. The molecule has 3 aromatic rings. The second-order valence-corrected chi connectivity index (χ2v) is 14.4. The maximum Gasteiger partial charge on any atom is 0.243 e. The van der Waals surface area contributed by atoms with Gasteiger partial charge in [-0.2, -0.15) is 0 Å². The highest BCUT2D eigenvalue weighted by Gasteiger charge is 2.32. The topological polar surface area (TPSA) is 105 Å². The molecule has 240 valence electrons. The Hall–Kier alpha value is -3.57. The smallest absolute Gasteiger partial charge is 0.243 e. The van der Waals surface area contributed by atoms with Crippen molar-refractivity contribution in [2.24, 2.45) is 0 Å². The molecule has 5 rings (SSSR count). The Morgan fingerprint density at radius 2 is 1.62 bits per heavy atom. The molecule has 0 unspecified atom stereocenters. The van der Waals surface area contributed by atoms with Crippen molar-refractivity contribution in [3.05, 3.63) is 88.4 Å². The van der Waals surface area contributed by atoms with E-state index in [1.54, 1.807) is 23.1 Å². The average Bonchev–Trinajstić information content (AvgIpc) is 3.54. The number of hydrogen-bond donors (Lipinski definition) is 1. The second kappa shape index (κ2) is 15.1. The Morgan fingerprint density at radius 3 is 2.31 bits per heavy atom. The summed E-state index contributed by atoms with van der Waals surface area (Å²) in [5.41, 5.74) is 2.30. The summed E-state index contributed by atoms with van der Waals surface area (Å²) in [6.45, 7) is 1.16. The molecule has 1 aliphatic carbocycles. The zero-order valence-corrected chi connectivity index (χ0v) is 27.9. The number of fused-ring (bicyclic) bond motifs is 1. The normalized spacial score (nSPS) is 15.3. The molecule has 1 aliphatic heterocycles. The van der Waals surface area contributed by atoms with Gasteiger partial charge in [0, 0.05) is 42.5 Å². The van der Waals surface area contributed by atoms with E-state index in [2.05, 4.69) is 21.2 Å². The number of carbonyl (C=O) groups excluding carboxylic acids is 2. The summed E-state index contributed by atoms with van der Waals surface area (Å²) in [5.74, 6) is 0.681. The van der Waals surface area contributed by atoms with Gasteiger partial charge in [0.1, 0.15) is 19.3 Å². The third kappa shape index (κ3) is 9.00. The summed E-state index contributed by atoms with van der Waals surface area (Å²) in [6.07, 6.45) is 5.88. The molecule has 0 spiro atoms. The first-order valence-corrected chi connectivity index (χ1v) is 18.1. The lowest BCUT2D eigenvalue weighted by atomic mass is 10.0. The Balaban J connectivity index is 1.37. The van der Waals surface area contributed by atoms with Gasteiger partial charge < -0.3 is 19.7 Å². The van der Waals surface area contributed by atoms with E-state index in [0.717, 1.165) is 47.5 Å². The van der Waals surface area contributed by atoms with Gasteiger partial charge in [-0.05, 0) is 54.7 Å². The molecule has 0 saturated heterocycles. The molecule has 45 heavy (non-hydrogen) atoms. The number of benzene rings is 3. The molecule has 3 aromatic carbocycles. The van der Waals surface area contributed by atoms with Crippen LogP contribution in [0.15, 0.2) is 77.3 Å². The first-order chi connectivity index (χ1) is 21.7. The van der Waals surface area contributed by atoms with Gasteiger partial charge in [0.2, 0.25) is 21.8 Å². The quantitative estimate of drug-likeness (QED) is 0.254. The van der Waals surface area contributed by atoms with Crippen molar-refractivity contribution in [1.82, 2.24) is 10.2 Å². The third-order valence-electron chi connectivity index (χ3n) is 8.20. The van der Waals surface area contributed by atoms with Crippen molar-refractivity contribution < 1.29 is 27.5 Å². The highest BCUT2D eigenvalue weighted by molar-refractivity contribution is 9.10. The van der Waals surface area contributed by atoms with Crippen LogP contribution in [0.25, 0.3) is 0 Å². The van der Waals surface area contributed by atoms with E-state index in [1.165, 1.54) is 4.31 Å². The number of sulfonamides is 1. The summed E-state index contributed by atoms with van der Waals surface area (Å²) in [6, 6.07) is 21.8. The molecule has 1 saturated carbocycles. The number of anilines is 1. The van der Waals surface area contributed by atoms with Crippen LogP contribution < -0.4 is 19.1 Å². The van der Waals surface area contributed by atoms with E-state index >= 15 is 0 Å². The maximum absolute atomic E-state index is 14.1. The molecular formula is C34H40BrN3O6S. The molecule has 0 bridgehead atoms. The summed E-state index contributed by atoms with van der Waals surface area (Å²) in [5, 5.41) is 3.22. The molecule has 0 aromatic heterocycles. The first-order valence-electron chi connectivity index (χ1n) is 15.4. The predicted octanol–water partition coefficient (Wildman–Crippen LogP) is 5.47. The van der Waals surface area contributed by atoms with E-state index in [1.807, 2.05) is 54.6 Å². The van der Waals surface area contributed by atoms with Gasteiger partial charge in [-0.3, -0.25) is 13.9 Å². The number of rotatable bonds is 13. The van der Waals surface area contributed by atoms with Crippen LogP contribution in [-0.2, 0) is 32.6 Å². The summed E-state index contributed by atoms with van der Waals surface area (Å²) < 4.78 is 39.1. The van der Waals surface area contributed by atoms with Gasteiger partial charge in [0.15, 0.2) is 11.5 Å². The zero-order valence-electron chi connectivity index (χ0n) is 25.5. The standard InChI is InChI=1S/C34H40BrN3O6S/c1-45(41,42)38(29-17-18-31-32(23-29)44-21-20-43-31)19-7-12-33(39)37(24-26-13-15-27(35)16-14-26)30(22-25-8-3-2-4-9-25)34(40)36-28-10-5-6-11-28/h2-4,8-9,13-18,23,28,30H,5-7,10-12,19-22,24H2,1H3,(H,36,40)/t30-/m0/s1. The lowest BCUT2D eigenvalue weighted by Gasteiger charge is -2.33. The summed E-state index contributed by atoms with van der Waals surface area (Å²) in [4.78, 5) is 29.6. The van der Waals surface area contributed by atoms with Crippen molar-refractivity contribution in [3.8, 4) is 11.5 Å². The molecule has 1 heterocycles. The summed E-state index contributed by atoms with van der Waals surface area (Å²) >= 11 is 3.48. The minimum absolute atomic E-state index is 0.0646. The van der Waals surface area contributed by atoms with Crippen molar-refractivity contribution in [1.29, 1.82) is 0 Å². The fourth-order valence-corrected chi connectivity index (χ4v) is 7.12. The van der Waals surface area contributed by atoms with E-state index < -0.39 is 16.1 Å². The highest BCUT2D eigenvalue weighted by atomic mass is 79.9. The maximum atomic E-state index is 14.1. The van der Waals surface area contributed by atoms with Crippen LogP contribution in [-0.4, -0.2) is 63.2 Å². The molecule has 1 fully saturated rings. The van der Waals surface area contributed by atoms with Crippen LogP contribution in [0.2, 0.25) is 0 Å². The van der Waals surface area contributed by atoms with Gasteiger partial charge in [0.25, 0.3) is 0 Å². The van der Waals surface area contributed by atoms with Gasteiger partial charge in [0.05, 0.1) is 11.9 Å². The lowest BCUT2D eigenvalue weighted by molar-refractivity contribution is -0.141. The van der Waals surface area contributed by atoms with Crippen molar-refractivity contribution in [3.63, 3.8) is 0 Å². The van der Waals surface area contributed by atoms with Gasteiger partial charge >= 0.3 is 0 Å². The Kier molecular flexibility index (Phi) is 11.0. The number of amides is 2. The van der Waals surface area contributed by atoms with Crippen molar-refractivity contribution >= 4 is 43.5 Å². The Bertz CT molecular complexity index is 1560. The zero-order chi connectivity index (χ0) is 31.8. The van der Waals surface area contributed by atoms with Crippen LogP contribution >= 0.6 is 15.9 Å². The van der Waals surface area contributed by atoms with E-state index in [-0.39, 0.29) is 43.8 Å². The Labute approximate surface area is 274 Å².